The van der Waals surface area contributed by atoms with Crippen molar-refractivity contribution in [1.82, 2.24) is 10.2 Å². The molecule has 0 heterocycles. The summed E-state index contributed by atoms with van der Waals surface area (Å²) in [5, 5.41) is 5.07. The average Bonchev–Trinajstić information content (AvgIpc) is 2.34. The van der Waals surface area contributed by atoms with Gasteiger partial charge in [-0.1, -0.05) is 54.7 Å². The van der Waals surface area contributed by atoms with Gasteiger partial charge in [-0.2, -0.15) is 0 Å². The van der Waals surface area contributed by atoms with E-state index in [-0.39, 0.29) is 6.04 Å². The van der Waals surface area contributed by atoms with Gasteiger partial charge in [0.15, 0.2) is 0 Å². The maximum absolute atomic E-state index is 6.30. The van der Waals surface area contributed by atoms with Crippen molar-refractivity contribution in [3.05, 3.63) is 32.8 Å². The molecule has 2 atom stereocenters. The van der Waals surface area contributed by atoms with E-state index in [0.29, 0.717) is 27.0 Å². The van der Waals surface area contributed by atoms with Crippen LogP contribution in [0.5, 0.6) is 0 Å². The molecule has 0 aliphatic carbocycles. The molecule has 0 amide bonds. The monoisotopic (exact) mass is 336 g/mol. The van der Waals surface area contributed by atoms with Gasteiger partial charge >= 0.3 is 0 Å². The van der Waals surface area contributed by atoms with Crippen LogP contribution in [0.4, 0.5) is 0 Å². The van der Waals surface area contributed by atoms with Crippen LogP contribution in [-0.4, -0.2) is 31.6 Å². The van der Waals surface area contributed by atoms with E-state index in [1.54, 1.807) is 6.07 Å². The quantitative estimate of drug-likeness (QED) is 0.744. The minimum Gasteiger partial charge on any atom is -0.308 e. The van der Waals surface area contributed by atoms with Gasteiger partial charge in [0.1, 0.15) is 0 Å². The Labute approximate surface area is 137 Å². The molecule has 1 aromatic carbocycles. The molecular weight excluding hydrogens is 315 g/mol. The van der Waals surface area contributed by atoms with Crippen molar-refractivity contribution in [2.75, 3.05) is 20.6 Å². The Morgan fingerprint density at radius 3 is 2.15 bits per heavy atom. The third-order valence-corrected chi connectivity index (χ3v) is 4.67. The molecular formula is C15H23Cl3N2. The van der Waals surface area contributed by atoms with Crippen LogP contribution in [0.1, 0.15) is 32.4 Å². The lowest BCUT2D eigenvalue weighted by atomic mass is 10.0. The van der Waals surface area contributed by atoms with Gasteiger partial charge in [0, 0.05) is 18.6 Å². The zero-order chi connectivity index (χ0) is 15.4. The molecule has 0 bridgehead atoms. The van der Waals surface area contributed by atoms with Gasteiger partial charge in [-0.05, 0) is 38.6 Å². The summed E-state index contributed by atoms with van der Waals surface area (Å²) in [6, 6.07) is 4.22. The van der Waals surface area contributed by atoms with Crippen molar-refractivity contribution in [2.24, 2.45) is 5.92 Å². The molecule has 0 aliphatic heterocycles. The fourth-order valence-electron chi connectivity index (χ4n) is 2.14. The topological polar surface area (TPSA) is 15.3 Å². The summed E-state index contributed by atoms with van der Waals surface area (Å²) < 4.78 is 0. The number of likely N-dealkylation sites (N-methyl/N-ethyl adjacent to an activating group) is 1. The van der Waals surface area contributed by atoms with E-state index in [1.165, 1.54) is 0 Å². The van der Waals surface area contributed by atoms with E-state index in [4.69, 9.17) is 34.8 Å². The zero-order valence-electron chi connectivity index (χ0n) is 12.7. The lowest BCUT2D eigenvalue weighted by molar-refractivity contribution is 0.273. The minimum absolute atomic E-state index is 0.115. The molecule has 0 saturated heterocycles. The van der Waals surface area contributed by atoms with E-state index < -0.39 is 0 Å². The van der Waals surface area contributed by atoms with Crippen molar-refractivity contribution in [3.8, 4) is 0 Å². The Bertz CT molecular complexity index is 447. The standard InChI is InChI=1S/C15H23Cl3N2/c1-9(2)13(8-20(4)5)19-10(3)11-6-7-12(16)15(18)14(11)17/h6-7,9-10,13,19H,8H2,1-5H3. The summed E-state index contributed by atoms with van der Waals surface area (Å²) in [6.45, 7) is 7.49. The number of hydrogen-bond acceptors (Lipinski definition) is 2. The molecule has 2 nitrogen and oxygen atoms in total. The molecule has 0 aromatic heterocycles. The Morgan fingerprint density at radius 1 is 1.05 bits per heavy atom. The summed E-state index contributed by atoms with van der Waals surface area (Å²) in [5.41, 5.74) is 0.977. The number of halogens is 3. The Balaban J connectivity index is 2.89. The number of hydrogen-bond donors (Lipinski definition) is 1. The molecule has 1 rings (SSSR count). The second-order valence-electron chi connectivity index (χ2n) is 5.77. The predicted octanol–water partition coefficient (Wildman–Crippen LogP) is 4.88. The van der Waals surface area contributed by atoms with E-state index >= 15 is 0 Å². The van der Waals surface area contributed by atoms with Crippen molar-refractivity contribution in [1.29, 1.82) is 0 Å². The Morgan fingerprint density at radius 2 is 1.65 bits per heavy atom. The molecule has 1 aromatic rings. The highest BCUT2D eigenvalue weighted by atomic mass is 35.5. The SMILES string of the molecule is CC(NC(CN(C)C)C(C)C)c1ccc(Cl)c(Cl)c1Cl. The number of nitrogens with one attached hydrogen (secondary N) is 1. The van der Waals surface area contributed by atoms with Crippen LogP contribution in [0, 0.1) is 5.92 Å². The fourth-order valence-corrected chi connectivity index (χ4v) is 2.84. The van der Waals surface area contributed by atoms with E-state index in [2.05, 4.69) is 45.1 Å². The van der Waals surface area contributed by atoms with E-state index in [0.717, 1.165) is 12.1 Å². The largest absolute Gasteiger partial charge is 0.308 e. The molecule has 2 unspecified atom stereocenters. The average molecular weight is 338 g/mol. The normalized spacial score (nSPS) is 14.9. The van der Waals surface area contributed by atoms with Gasteiger partial charge in [0.05, 0.1) is 15.1 Å². The number of nitrogens with zero attached hydrogens (tertiary/aromatic N) is 1. The third kappa shape index (κ3) is 4.78. The molecule has 5 heteroatoms. The lowest BCUT2D eigenvalue weighted by Gasteiger charge is -2.29. The van der Waals surface area contributed by atoms with Gasteiger partial charge < -0.3 is 10.2 Å². The van der Waals surface area contributed by atoms with Crippen LogP contribution < -0.4 is 5.32 Å². The smallest absolute Gasteiger partial charge is 0.0781 e. The van der Waals surface area contributed by atoms with Crippen molar-refractivity contribution in [2.45, 2.75) is 32.9 Å². The molecule has 0 radical (unpaired) electrons. The zero-order valence-corrected chi connectivity index (χ0v) is 14.9. The molecule has 0 saturated carbocycles. The molecule has 0 aliphatic rings. The first-order valence-electron chi connectivity index (χ1n) is 6.78. The van der Waals surface area contributed by atoms with Crippen LogP contribution >= 0.6 is 34.8 Å². The van der Waals surface area contributed by atoms with Gasteiger partial charge in [-0.15, -0.1) is 0 Å². The highest BCUT2D eigenvalue weighted by molar-refractivity contribution is 6.48. The summed E-state index contributed by atoms with van der Waals surface area (Å²) in [4.78, 5) is 2.18. The van der Waals surface area contributed by atoms with Crippen LogP contribution in [-0.2, 0) is 0 Å². The molecule has 1 N–H and O–H groups in total. The summed E-state index contributed by atoms with van der Waals surface area (Å²) >= 11 is 18.4. The highest BCUT2D eigenvalue weighted by Crippen LogP contribution is 2.35. The Kier molecular flexibility index (Phi) is 7.10. The first-order chi connectivity index (χ1) is 9.23. The number of benzene rings is 1. The van der Waals surface area contributed by atoms with Crippen molar-refractivity contribution in [3.63, 3.8) is 0 Å². The van der Waals surface area contributed by atoms with Gasteiger partial charge in [-0.3, -0.25) is 0 Å². The summed E-state index contributed by atoms with van der Waals surface area (Å²) in [5.74, 6) is 0.529. The van der Waals surface area contributed by atoms with Gasteiger partial charge in [0.25, 0.3) is 0 Å². The number of rotatable bonds is 6. The molecule has 0 spiro atoms. The highest BCUT2D eigenvalue weighted by Gasteiger charge is 2.20. The van der Waals surface area contributed by atoms with E-state index in [9.17, 15) is 0 Å². The maximum Gasteiger partial charge on any atom is 0.0781 e. The predicted molar refractivity (Wildman–Crippen MR) is 90.2 cm³/mol. The fraction of sp³-hybridized carbons (Fsp3) is 0.600. The second kappa shape index (κ2) is 7.86. The summed E-state index contributed by atoms with van der Waals surface area (Å²) in [6.07, 6.45) is 0. The Hall–Kier alpha value is 0.01000. The first kappa shape index (κ1) is 18.1. The van der Waals surface area contributed by atoms with Gasteiger partial charge in [0.2, 0.25) is 0 Å². The second-order valence-corrected chi connectivity index (χ2v) is 6.93. The van der Waals surface area contributed by atoms with Crippen LogP contribution in [0.2, 0.25) is 15.1 Å². The van der Waals surface area contributed by atoms with Gasteiger partial charge in [-0.25, -0.2) is 0 Å². The summed E-state index contributed by atoms with van der Waals surface area (Å²) in [7, 11) is 4.15. The first-order valence-corrected chi connectivity index (χ1v) is 7.91. The minimum atomic E-state index is 0.115. The lowest BCUT2D eigenvalue weighted by Crippen LogP contribution is -2.43. The van der Waals surface area contributed by atoms with Crippen LogP contribution in [0.15, 0.2) is 12.1 Å². The molecule has 0 fully saturated rings. The van der Waals surface area contributed by atoms with Crippen LogP contribution in [0.3, 0.4) is 0 Å². The van der Waals surface area contributed by atoms with Crippen molar-refractivity contribution < 1.29 is 0 Å². The third-order valence-electron chi connectivity index (χ3n) is 3.36. The van der Waals surface area contributed by atoms with Crippen LogP contribution in [0.25, 0.3) is 0 Å². The molecule has 114 valence electrons. The van der Waals surface area contributed by atoms with E-state index in [1.807, 2.05) is 6.07 Å². The van der Waals surface area contributed by atoms with Crippen molar-refractivity contribution >= 4 is 34.8 Å². The molecule has 20 heavy (non-hydrogen) atoms. The maximum atomic E-state index is 6.30.